The van der Waals surface area contributed by atoms with Crippen LogP contribution in [-0.4, -0.2) is 37.2 Å². The van der Waals surface area contributed by atoms with Crippen LogP contribution in [0.1, 0.15) is 226 Å². The Labute approximate surface area is 387 Å². The maximum atomic E-state index is 12.8. The van der Waals surface area contributed by atoms with Crippen LogP contribution in [0.3, 0.4) is 0 Å². The van der Waals surface area contributed by atoms with E-state index in [0.29, 0.717) is 12.8 Å². The average Bonchev–Trinajstić information content (AvgIpc) is 3.28. The smallest absolute Gasteiger partial charge is 0.306 e. The second kappa shape index (κ2) is 51.0. The molecule has 0 aliphatic carbocycles. The molecule has 0 aliphatic rings. The topological polar surface area (TPSA) is 78.9 Å². The second-order valence-electron chi connectivity index (χ2n) is 16.9. The summed E-state index contributed by atoms with van der Waals surface area (Å²) in [5.74, 6) is -0.991. The summed E-state index contributed by atoms with van der Waals surface area (Å²) in [5, 5.41) is 0. The molecule has 0 heterocycles. The van der Waals surface area contributed by atoms with Crippen LogP contribution in [0.15, 0.2) is 97.2 Å². The first kappa shape index (κ1) is 59.3. The third kappa shape index (κ3) is 49.2. The Hall–Kier alpha value is -3.67. The van der Waals surface area contributed by atoms with Gasteiger partial charge in [0.15, 0.2) is 6.10 Å². The van der Waals surface area contributed by atoms with Gasteiger partial charge in [-0.3, -0.25) is 14.4 Å². The molecule has 1 unspecified atom stereocenters. The SMILES string of the molecule is CCCC/C=C\C=C/CCCCCC(=O)OCC(COC(=O)CCCCCCC\C=C/C=C\C=C/C=C\CCCCC)OC(=O)CCCCC/C=C\C=C/CCCCCCCCC. The number of rotatable bonds is 45. The first-order chi connectivity index (χ1) is 31.0. The highest BCUT2D eigenvalue weighted by atomic mass is 16.6. The molecule has 0 aromatic heterocycles. The third-order valence-electron chi connectivity index (χ3n) is 10.7. The molecule has 0 saturated heterocycles. The molecule has 0 aliphatic heterocycles. The van der Waals surface area contributed by atoms with E-state index in [1.807, 2.05) is 0 Å². The number of unbranched alkanes of at least 4 members (excludes halogenated alkanes) is 23. The first-order valence-corrected chi connectivity index (χ1v) is 25.8. The van der Waals surface area contributed by atoms with Gasteiger partial charge in [-0.25, -0.2) is 0 Å². The number of allylic oxidation sites excluding steroid dienone is 16. The summed E-state index contributed by atoms with van der Waals surface area (Å²) in [5.41, 5.74) is 0. The Bertz CT molecular complexity index is 1280. The summed E-state index contributed by atoms with van der Waals surface area (Å²) in [6.07, 6.45) is 66.7. The molecule has 358 valence electrons. The van der Waals surface area contributed by atoms with Gasteiger partial charge in [0, 0.05) is 19.3 Å². The normalized spacial score (nSPS) is 12.9. The van der Waals surface area contributed by atoms with Crippen molar-refractivity contribution in [3.63, 3.8) is 0 Å². The molecule has 0 fully saturated rings. The highest BCUT2D eigenvalue weighted by Crippen LogP contribution is 2.12. The summed E-state index contributed by atoms with van der Waals surface area (Å²) < 4.78 is 16.7. The van der Waals surface area contributed by atoms with Crippen molar-refractivity contribution in [1.82, 2.24) is 0 Å². The number of hydrogen-bond acceptors (Lipinski definition) is 6. The zero-order valence-corrected chi connectivity index (χ0v) is 40.8. The third-order valence-corrected chi connectivity index (χ3v) is 10.7. The van der Waals surface area contributed by atoms with Crippen molar-refractivity contribution in [2.45, 2.75) is 232 Å². The van der Waals surface area contributed by atoms with Crippen LogP contribution >= 0.6 is 0 Å². The molecular formula is C57H94O6. The molecule has 6 heteroatoms. The first-order valence-electron chi connectivity index (χ1n) is 25.8. The van der Waals surface area contributed by atoms with E-state index in [2.05, 4.69) is 118 Å². The van der Waals surface area contributed by atoms with Gasteiger partial charge in [0.1, 0.15) is 13.2 Å². The van der Waals surface area contributed by atoms with Crippen molar-refractivity contribution in [3.8, 4) is 0 Å². The predicted molar refractivity (Wildman–Crippen MR) is 270 cm³/mol. The van der Waals surface area contributed by atoms with Crippen molar-refractivity contribution < 1.29 is 28.6 Å². The Balaban J connectivity index is 4.50. The minimum Gasteiger partial charge on any atom is -0.462 e. The molecule has 0 N–H and O–H groups in total. The van der Waals surface area contributed by atoms with Gasteiger partial charge in [0.25, 0.3) is 0 Å². The van der Waals surface area contributed by atoms with E-state index in [0.717, 1.165) is 109 Å². The van der Waals surface area contributed by atoms with Crippen LogP contribution < -0.4 is 0 Å². The second-order valence-corrected chi connectivity index (χ2v) is 16.9. The summed E-state index contributed by atoms with van der Waals surface area (Å²) in [6, 6.07) is 0. The van der Waals surface area contributed by atoms with Gasteiger partial charge in [-0.15, -0.1) is 0 Å². The molecule has 63 heavy (non-hydrogen) atoms. The van der Waals surface area contributed by atoms with Crippen molar-refractivity contribution in [1.29, 1.82) is 0 Å². The molecule has 0 radical (unpaired) electrons. The van der Waals surface area contributed by atoms with Gasteiger partial charge in [0.05, 0.1) is 0 Å². The fourth-order valence-electron chi connectivity index (χ4n) is 6.71. The number of carbonyl (C=O) groups excluding carboxylic acids is 3. The summed E-state index contributed by atoms with van der Waals surface area (Å²) in [6.45, 7) is 6.46. The maximum absolute atomic E-state index is 12.8. The van der Waals surface area contributed by atoms with Crippen LogP contribution in [0.5, 0.6) is 0 Å². The van der Waals surface area contributed by atoms with Crippen LogP contribution in [0, 0.1) is 0 Å². The van der Waals surface area contributed by atoms with Gasteiger partial charge in [-0.1, -0.05) is 214 Å². The zero-order valence-electron chi connectivity index (χ0n) is 40.8. The number of carbonyl (C=O) groups is 3. The number of ether oxygens (including phenoxy) is 3. The van der Waals surface area contributed by atoms with Crippen LogP contribution in [0.2, 0.25) is 0 Å². The zero-order chi connectivity index (χ0) is 45.8. The predicted octanol–water partition coefficient (Wildman–Crippen LogP) is 17.0. The minimum absolute atomic E-state index is 0.110. The average molecular weight is 875 g/mol. The van der Waals surface area contributed by atoms with Gasteiger partial charge < -0.3 is 14.2 Å². The van der Waals surface area contributed by atoms with Gasteiger partial charge >= 0.3 is 17.9 Å². The lowest BCUT2D eigenvalue weighted by Gasteiger charge is -2.18. The number of hydrogen-bond donors (Lipinski definition) is 0. The van der Waals surface area contributed by atoms with E-state index in [1.165, 1.54) is 77.0 Å². The van der Waals surface area contributed by atoms with Gasteiger partial charge in [-0.2, -0.15) is 0 Å². The lowest BCUT2D eigenvalue weighted by molar-refractivity contribution is -0.167. The van der Waals surface area contributed by atoms with Crippen molar-refractivity contribution in [2.24, 2.45) is 0 Å². The Morgan fingerprint density at radius 3 is 1.00 bits per heavy atom. The molecule has 6 nitrogen and oxygen atoms in total. The number of esters is 3. The molecule has 1 atom stereocenters. The van der Waals surface area contributed by atoms with E-state index in [1.54, 1.807) is 0 Å². The fraction of sp³-hybridized carbons (Fsp3) is 0.667. The van der Waals surface area contributed by atoms with E-state index >= 15 is 0 Å². The molecule has 0 spiro atoms. The maximum Gasteiger partial charge on any atom is 0.306 e. The molecule has 0 rings (SSSR count). The highest BCUT2D eigenvalue weighted by Gasteiger charge is 2.19. The van der Waals surface area contributed by atoms with Crippen LogP contribution in [0.4, 0.5) is 0 Å². The van der Waals surface area contributed by atoms with Crippen molar-refractivity contribution in [2.75, 3.05) is 13.2 Å². The Morgan fingerprint density at radius 1 is 0.317 bits per heavy atom. The summed E-state index contributed by atoms with van der Waals surface area (Å²) >= 11 is 0. The van der Waals surface area contributed by atoms with Gasteiger partial charge in [-0.05, 0) is 89.9 Å². The lowest BCUT2D eigenvalue weighted by Crippen LogP contribution is -2.30. The van der Waals surface area contributed by atoms with Crippen LogP contribution in [0.25, 0.3) is 0 Å². The highest BCUT2D eigenvalue weighted by molar-refractivity contribution is 5.71. The lowest BCUT2D eigenvalue weighted by atomic mass is 10.1. The van der Waals surface area contributed by atoms with E-state index < -0.39 is 6.10 Å². The minimum atomic E-state index is -0.812. The standard InChI is InChI=1S/C57H94O6/c1-4-7-10-13-16-19-22-24-26-28-29-31-32-35-38-41-44-47-50-56(59)62-53-54(52-61-55(58)49-46-43-40-37-34-21-18-15-12-9-6-3)63-57(60)51-48-45-42-39-36-33-30-27-25-23-20-17-14-11-8-5-2/h15-16,18-19,21-22,24,26-31,33-34,36,54H,4-14,17,20,23,25,32,35,37-53H2,1-3H3/b18-15-,19-16-,24-22-,28-26-,30-27-,31-29-,34-21-,36-33-. The quantitative estimate of drug-likeness (QED) is 0.0262. The molecule has 0 aromatic carbocycles. The summed E-state index contributed by atoms with van der Waals surface area (Å²) in [4.78, 5) is 37.9. The van der Waals surface area contributed by atoms with Crippen LogP contribution in [-0.2, 0) is 28.6 Å². The van der Waals surface area contributed by atoms with Crippen molar-refractivity contribution in [3.05, 3.63) is 97.2 Å². The van der Waals surface area contributed by atoms with Crippen molar-refractivity contribution >= 4 is 17.9 Å². The molecule has 0 saturated carbocycles. The monoisotopic (exact) mass is 875 g/mol. The van der Waals surface area contributed by atoms with E-state index in [4.69, 9.17) is 14.2 Å². The van der Waals surface area contributed by atoms with E-state index in [9.17, 15) is 14.4 Å². The van der Waals surface area contributed by atoms with E-state index in [-0.39, 0.29) is 37.5 Å². The fourth-order valence-corrected chi connectivity index (χ4v) is 6.71. The molecule has 0 amide bonds. The summed E-state index contributed by atoms with van der Waals surface area (Å²) in [7, 11) is 0. The molecular weight excluding hydrogens is 781 g/mol. The molecule has 0 aromatic rings. The largest absolute Gasteiger partial charge is 0.462 e. The Morgan fingerprint density at radius 2 is 0.587 bits per heavy atom. The molecule has 0 bridgehead atoms. The van der Waals surface area contributed by atoms with Gasteiger partial charge in [0.2, 0.25) is 0 Å². The Kier molecular flexibility index (Phi) is 48.0.